The molecule has 0 bridgehead atoms. The fourth-order valence-electron chi connectivity index (χ4n) is 2.42. The second kappa shape index (κ2) is 8.84. The van der Waals surface area contributed by atoms with Crippen LogP contribution in [-0.4, -0.2) is 21.5 Å². The first kappa shape index (κ1) is 21.1. The van der Waals surface area contributed by atoms with Gasteiger partial charge in [0.1, 0.15) is 28.1 Å². The highest BCUT2D eigenvalue weighted by Crippen LogP contribution is 2.34. The molecule has 0 amide bonds. The molecule has 0 saturated heterocycles. The monoisotopic (exact) mass is 442 g/mol. The molecule has 0 fully saturated rings. The van der Waals surface area contributed by atoms with Gasteiger partial charge in [0.05, 0.1) is 5.56 Å². The van der Waals surface area contributed by atoms with Crippen molar-refractivity contribution in [2.24, 2.45) is 0 Å². The molecule has 0 unspecified atom stereocenters. The summed E-state index contributed by atoms with van der Waals surface area (Å²) in [6.45, 7) is 2.46. The molecule has 0 aliphatic rings. The molecule has 3 rings (SSSR count). The number of nitrogens with zero attached hydrogens (tertiary/aromatic N) is 3. The zero-order chi connectivity index (χ0) is 21.0. The minimum Gasteiger partial charge on any atom is -0.438 e. The van der Waals surface area contributed by atoms with E-state index in [-0.39, 0.29) is 10.9 Å². The van der Waals surface area contributed by atoms with Crippen LogP contribution in [0.25, 0.3) is 0 Å². The van der Waals surface area contributed by atoms with Gasteiger partial charge in [0, 0.05) is 18.3 Å². The standard InChI is InChI=1S/C19H15Cl2F3N4O/c1-11-16(21)27-10-28-17(11)25-7-6-12-2-4-14(5-3-12)29-18-15(20)8-13(9-26-18)19(22,23)24/h2-5,8-10H,6-7H2,1H3,(H,25,27,28). The summed E-state index contributed by atoms with van der Waals surface area (Å²) >= 11 is 11.8. The molecule has 2 aromatic heterocycles. The van der Waals surface area contributed by atoms with Crippen molar-refractivity contribution >= 4 is 29.0 Å². The number of anilines is 1. The maximum absolute atomic E-state index is 12.7. The molecule has 0 radical (unpaired) electrons. The number of halogens is 5. The number of nitrogens with one attached hydrogen (secondary N) is 1. The maximum atomic E-state index is 12.7. The van der Waals surface area contributed by atoms with Crippen molar-refractivity contribution in [3.63, 3.8) is 0 Å². The molecule has 1 N–H and O–H groups in total. The van der Waals surface area contributed by atoms with Gasteiger partial charge in [-0.25, -0.2) is 15.0 Å². The average Bonchev–Trinajstić information content (AvgIpc) is 2.67. The van der Waals surface area contributed by atoms with Crippen molar-refractivity contribution in [2.45, 2.75) is 19.5 Å². The van der Waals surface area contributed by atoms with Crippen LogP contribution in [0.15, 0.2) is 42.9 Å². The number of hydrogen-bond acceptors (Lipinski definition) is 5. The highest BCUT2D eigenvalue weighted by Gasteiger charge is 2.31. The quantitative estimate of drug-likeness (QED) is 0.477. The number of alkyl halides is 3. The molecule has 5 nitrogen and oxygen atoms in total. The van der Waals surface area contributed by atoms with Crippen LogP contribution in [0.4, 0.5) is 19.0 Å². The molecular formula is C19H15Cl2F3N4O. The van der Waals surface area contributed by atoms with Crippen molar-refractivity contribution in [1.82, 2.24) is 15.0 Å². The third kappa shape index (κ3) is 5.48. The van der Waals surface area contributed by atoms with Gasteiger partial charge in [0.25, 0.3) is 0 Å². The van der Waals surface area contributed by atoms with Crippen molar-refractivity contribution in [3.05, 3.63) is 69.7 Å². The minimum absolute atomic E-state index is 0.0924. The van der Waals surface area contributed by atoms with E-state index in [0.29, 0.717) is 35.9 Å². The Hall–Kier alpha value is -2.58. The van der Waals surface area contributed by atoms with Gasteiger partial charge in [-0.05, 0) is 37.1 Å². The molecule has 1 aromatic carbocycles. The Morgan fingerprint density at radius 2 is 1.79 bits per heavy atom. The molecule has 0 spiro atoms. The van der Waals surface area contributed by atoms with E-state index in [1.165, 1.54) is 6.33 Å². The summed E-state index contributed by atoms with van der Waals surface area (Å²) in [6.07, 6.45) is -1.73. The SMILES string of the molecule is Cc1c(Cl)ncnc1NCCc1ccc(Oc2ncc(C(F)(F)F)cc2Cl)cc1. The summed E-state index contributed by atoms with van der Waals surface area (Å²) in [5, 5.41) is 3.38. The van der Waals surface area contributed by atoms with Gasteiger partial charge in [-0.15, -0.1) is 0 Å². The summed E-state index contributed by atoms with van der Waals surface area (Å²) in [5.74, 6) is 0.993. The van der Waals surface area contributed by atoms with E-state index >= 15 is 0 Å². The highest BCUT2D eigenvalue weighted by molar-refractivity contribution is 6.32. The fraction of sp³-hybridized carbons (Fsp3) is 0.211. The Morgan fingerprint density at radius 1 is 1.07 bits per heavy atom. The summed E-state index contributed by atoms with van der Waals surface area (Å²) in [4.78, 5) is 11.7. The van der Waals surface area contributed by atoms with Crippen molar-refractivity contribution in [1.29, 1.82) is 0 Å². The van der Waals surface area contributed by atoms with Gasteiger partial charge in [0.2, 0.25) is 5.88 Å². The van der Waals surface area contributed by atoms with Crippen LogP contribution in [-0.2, 0) is 12.6 Å². The number of rotatable bonds is 6. The fourth-order valence-corrected chi connectivity index (χ4v) is 2.76. The largest absolute Gasteiger partial charge is 0.438 e. The third-order valence-electron chi connectivity index (χ3n) is 4.00. The van der Waals surface area contributed by atoms with E-state index < -0.39 is 11.7 Å². The summed E-state index contributed by atoms with van der Waals surface area (Å²) < 4.78 is 43.5. The van der Waals surface area contributed by atoms with Crippen LogP contribution in [0, 0.1) is 6.92 Å². The van der Waals surface area contributed by atoms with Crippen LogP contribution in [0.1, 0.15) is 16.7 Å². The molecular weight excluding hydrogens is 428 g/mol. The first-order chi connectivity index (χ1) is 13.7. The van der Waals surface area contributed by atoms with E-state index in [9.17, 15) is 13.2 Å². The Morgan fingerprint density at radius 3 is 2.45 bits per heavy atom. The lowest BCUT2D eigenvalue weighted by atomic mass is 10.1. The molecule has 2 heterocycles. The third-order valence-corrected chi connectivity index (χ3v) is 4.65. The zero-order valence-corrected chi connectivity index (χ0v) is 16.6. The van der Waals surface area contributed by atoms with Crippen molar-refractivity contribution in [3.8, 4) is 11.6 Å². The van der Waals surface area contributed by atoms with E-state index in [1.54, 1.807) is 12.1 Å². The summed E-state index contributed by atoms with van der Waals surface area (Å²) in [5.41, 5.74) is 0.867. The predicted octanol–water partition coefficient (Wildman–Crippen LogP) is 5.95. The lowest BCUT2D eigenvalue weighted by Crippen LogP contribution is -2.08. The highest BCUT2D eigenvalue weighted by atomic mass is 35.5. The van der Waals surface area contributed by atoms with E-state index in [1.807, 2.05) is 19.1 Å². The van der Waals surface area contributed by atoms with E-state index in [4.69, 9.17) is 27.9 Å². The average molecular weight is 443 g/mol. The second-order valence-corrected chi connectivity index (χ2v) is 6.83. The lowest BCUT2D eigenvalue weighted by molar-refractivity contribution is -0.137. The Bertz CT molecular complexity index is 998. The van der Waals surface area contributed by atoms with Gasteiger partial charge >= 0.3 is 6.18 Å². The molecule has 152 valence electrons. The molecule has 0 aliphatic heterocycles. The van der Waals surface area contributed by atoms with Gasteiger partial charge in [-0.3, -0.25) is 0 Å². The summed E-state index contributed by atoms with van der Waals surface area (Å²) in [6, 6.07) is 7.85. The Labute approximate surface area is 174 Å². The van der Waals surface area contributed by atoms with Crippen LogP contribution < -0.4 is 10.1 Å². The first-order valence-corrected chi connectivity index (χ1v) is 9.20. The summed E-state index contributed by atoms with van der Waals surface area (Å²) in [7, 11) is 0. The number of aromatic nitrogens is 3. The van der Waals surface area contributed by atoms with E-state index in [0.717, 1.165) is 17.2 Å². The first-order valence-electron chi connectivity index (χ1n) is 8.44. The van der Waals surface area contributed by atoms with E-state index in [2.05, 4.69) is 20.3 Å². The number of pyridine rings is 1. The normalized spacial score (nSPS) is 11.4. The van der Waals surface area contributed by atoms with Crippen LogP contribution >= 0.6 is 23.2 Å². The minimum atomic E-state index is -4.51. The molecule has 3 aromatic rings. The van der Waals surface area contributed by atoms with Crippen molar-refractivity contribution < 1.29 is 17.9 Å². The number of ether oxygens (including phenoxy) is 1. The van der Waals surface area contributed by atoms with Gasteiger partial charge in [-0.2, -0.15) is 13.2 Å². The Kier molecular flexibility index (Phi) is 6.44. The number of benzene rings is 1. The number of hydrogen-bond donors (Lipinski definition) is 1. The predicted molar refractivity (Wildman–Crippen MR) is 105 cm³/mol. The van der Waals surface area contributed by atoms with Crippen LogP contribution in [0.3, 0.4) is 0 Å². The van der Waals surface area contributed by atoms with Gasteiger partial charge < -0.3 is 10.1 Å². The van der Waals surface area contributed by atoms with Gasteiger partial charge in [-0.1, -0.05) is 35.3 Å². The Balaban J connectivity index is 1.58. The second-order valence-electron chi connectivity index (χ2n) is 6.07. The molecule has 0 saturated carbocycles. The van der Waals surface area contributed by atoms with Crippen molar-refractivity contribution in [2.75, 3.05) is 11.9 Å². The topological polar surface area (TPSA) is 59.9 Å². The van der Waals surface area contributed by atoms with Crippen LogP contribution in [0.2, 0.25) is 10.2 Å². The smallest absolute Gasteiger partial charge is 0.417 e. The zero-order valence-electron chi connectivity index (χ0n) is 15.1. The molecule has 10 heteroatoms. The van der Waals surface area contributed by atoms with Crippen LogP contribution in [0.5, 0.6) is 11.6 Å². The lowest BCUT2D eigenvalue weighted by Gasteiger charge is -2.11. The molecule has 0 atom stereocenters. The van der Waals surface area contributed by atoms with Gasteiger partial charge in [0.15, 0.2) is 0 Å². The molecule has 29 heavy (non-hydrogen) atoms. The molecule has 0 aliphatic carbocycles. The maximum Gasteiger partial charge on any atom is 0.417 e.